The zero-order valence-corrected chi connectivity index (χ0v) is 12.0. The van der Waals surface area contributed by atoms with Gasteiger partial charge in [0, 0.05) is 6.42 Å². The number of H-pyrrole nitrogens is 1. The van der Waals surface area contributed by atoms with E-state index in [4.69, 9.17) is 5.11 Å². The third kappa shape index (κ3) is 2.48. The van der Waals surface area contributed by atoms with E-state index in [1.807, 2.05) is 24.3 Å². The molecule has 2 N–H and O–H groups in total. The number of fused-ring (bicyclic) bond motifs is 1. The molecule has 0 fully saturated rings. The molecule has 0 radical (unpaired) electrons. The van der Waals surface area contributed by atoms with Crippen LogP contribution < -0.4 is 0 Å². The fourth-order valence-electron chi connectivity index (χ4n) is 2.32. The molecule has 5 heteroatoms. The van der Waals surface area contributed by atoms with E-state index in [0.29, 0.717) is 12.2 Å². The molecule has 2 aromatic carbocycles. The highest BCUT2D eigenvalue weighted by atomic mass is 16.4. The number of carbonyl (C=O) groups excluding carboxylic acids is 1. The number of ketones is 1. The number of benzene rings is 2. The highest BCUT2D eigenvalue weighted by molar-refractivity contribution is 5.96. The molecule has 0 saturated carbocycles. The van der Waals surface area contributed by atoms with Crippen LogP contribution in [0.4, 0.5) is 0 Å². The Hall–Kier alpha value is -2.95. The van der Waals surface area contributed by atoms with Crippen LogP contribution in [0, 0.1) is 0 Å². The summed E-state index contributed by atoms with van der Waals surface area (Å²) < 4.78 is 0. The third-order valence-corrected chi connectivity index (χ3v) is 3.51. The number of nitrogens with one attached hydrogen (secondary N) is 1. The summed E-state index contributed by atoms with van der Waals surface area (Å²) in [7, 11) is 0. The minimum absolute atomic E-state index is 0.0365. The average Bonchev–Trinajstić information content (AvgIpc) is 2.97. The summed E-state index contributed by atoms with van der Waals surface area (Å²) >= 11 is 0. The molecule has 0 bridgehead atoms. The number of nitrogens with zero attached hydrogens (tertiary/aromatic N) is 1. The van der Waals surface area contributed by atoms with Crippen LogP contribution in [0.3, 0.4) is 0 Å². The molecule has 0 atom stereocenters. The minimum atomic E-state index is -0.958. The second-order valence-electron chi connectivity index (χ2n) is 4.98. The van der Waals surface area contributed by atoms with Crippen LogP contribution in [-0.2, 0) is 0 Å². The van der Waals surface area contributed by atoms with E-state index in [1.165, 1.54) is 0 Å². The van der Waals surface area contributed by atoms with E-state index < -0.39 is 5.97 Å². The Morgan fingerprint density at radius 3 is 2.64 bits per heavy atom. The van der Waals surface area contributed by atoms with Crippen molar-refractivity contribution in [1.29, 1.82) is 0 Å². The number of aromatic amines is 1. The first-order valence-corrected chi connectivity index (χ1v) is 6.95. The zero-order chi connectivity index (χ0) is 15.7. The molecular formula is C17H14N2O3. The van der Waals surface area contributed by atoms with Gasteiger partial charge < -0.3 is 10.1 Å². The van der Waals surface area contributed by atoms with E-state index in [-0.39, 0.29) is 11.3 Å². The highest BCUT2D eigenvalue weighted by Gasteiger charge is 2.11. The molecule has 3 rings (SSSR count). The fourth-order valence-corrected chi connectivity index (χ4v) is 2.32. The number of carboxylic acids is 1. The molecule has 3 aromatic rings. The summed E-state index contributed by atoms with van der Waals surface area (Å²) in [5, 5.41) is 9.07. The van der Waals surface area contributed by atoms with Crippen molar-refractivity contribution < 1.29 is 14.7 Å². The molecule has 110 valence electrons. The summed E-state index contributed by atoms with van der Waals surface area (Å²) in [4.78, 5) is 30.0. The monoisotopic (exact) mass is 294 g/mol. The maximum Gasteiger partial charge on any atom is 0.335 e. The number of carbonyl (C=O) groups is 2. The Balaban J connectivity index is 2.06. The number of carboxylic acid groups (broad SMARTS) is 1. The van der Waals surface area contributed by atoms with Gasteiger partial charge in [0.25, 0.3) is 0 Å². The van der Waals surface area contributed by atoms with Crippen LogP contribution in [0.15, 0.2) is 42.5 Å². The van der Waals surface area contributed by atoms with Gasteiger partial charge in [-0.2, -0.15) is 0 Å². The van der Waals surface area contributed by atoms with Crippen molar-refractivity contribution >= 4 is 22.8 Å². The van der Waals surface area contributed by atoms with Crippen LogP contribution in [0.25, 0.3) is 22.2 Å². The van der Waals surface area contributed by atoms with Gasteiger partial charge in [-0.1, -0.05) is 25.1 Å². The van der Waals surface area contributed by atoms with Gasteiger partial charge in [0.1, 0.15) is 0 Å². The molecule has 0 aliphatic heterocycles. The third-order valence-electron chi connectivity index (χ3n) is 3.51. The van der Waals surface area contributed by atoms with Gasteiger partial charge in [-0.05, 0) is 35.4 Å². The van der Waals surface area contributed by atoms with Crippen molar-refractivity contribution in [2.45, 2.75) is 13.3 Å². The first-order valence-electron chi connectivity index (χ1n) is 6.95. The van der Waals surface area contributed by atoms with Gasteiger partial charge in [-0.25, -0.2) is 9.78 Å². The Kier molecular flexibility index (Phi) is 3.47. The van der Waals surface area contributed by atoms with E-state index in [9.17, 15) is 9.59 Å². The number of aromatic nitrogens is 2. The van der Waals surface area contributed by atoms with Crippen molar-refractivity contribution in [2.24, 2.45) is 0 Å². The molecule has 0 saturated heterocycles. The van der Waals surface area contributed by atoms with Crippen molar-refractivity contribution in [3.8, 4) is 11.1 Å². The van der Waals surface area contributed by atoms with Crippen molar-refractivity contribution in [1.82, 2.24) is 9.97 Å². The summed E-state index contributed by atoms with van der Waals surface area (Å²) in [6, 6.07) is 12.3. The number of aromatic carboxylic acids is 1. The van der Waals surface area contributed by atoms with Gasteiger partial charge in [-0.15, -0.1) is 0 Å². The van der Waals surface area contributed by atoms with Gasteiger partial charge in [-0.3, -0.25) is 4.79 Å². The molecule has 0 aliphatic carbocycles. The Morgan fingerprint density at radius 2 is 1.91 bits per heavy atom. The summed E-state index contributed by atoms with van der Waals surface area (Å²) in [6.07, 6.45) is 0.396. The summed E-state index contributed by atoms with van der Waals surface area (Å²) in [6.45, 7) is 1.79. The van der Waals surface area contributed by atoms with Crippen LogP contribution in [0.1, 0.15) is 34.3 Å². The normalized spacial score (nSPS) is 10.8. The summed E-state index contributed by atoms with van der Waals surface area (Å²) in [5.74, 6) is -0.639. The number of hydrogen-bond acceptors (Lipinski definition) is 3. The lowest BCUT2D eigenvalue weighted by Gasteiger charge is -2.03. The molecule has 0 unspecified atom stereocenters. The highest BCUT2D eigenvalue weighted by Crippen LogP contribution is 2.24. The largest absolute Gasteiger partial charge is 0.478 e. The second-order valence-corrected chi connectivity index (χ2v) is 4.98. The van der Waals surface area contributed by atoms with E-state index >= 15 is 0 Å². The molecule has 0 spiro atoms. The average molecular weight is 294 g/mol. The van der Waals surface area contributed by atoms with Crippen molar-refractivity contribution in [2.75, 3.05) is 0 Å². The van der Waals surface area contributed by atoms with E-state index in [1.54, 1.807) is 25.1 Å². The van der Waals surface area contributed by atoms with Crippen LogP contribution >= 0.6 is 0 Å². The minimum Gasteiger partial charge on any atom is -0.478 e. The predicted octanol–water partition coefficient (Wildman–Crippen LogP) is 3.52. The quantitative estimate of drug-likeness (QED) is 0.721. The number of hydrogen-bond donors (Lipinski definition) is 2. The SMILES string of the molecule is CCC(=O)c1nc2ccc(-c3cccc(C(=O)O)c3)cc2[nH]1. The van der Waals surface area contributed by atoms with Crippen molar-refractivity contribution in [3.05, 3.63) is 53.9 Å². The van der Waals surface area contributed by atoms with Gasteiger partial charge in [0.2, 0.25) is 0 Å². The first-order chi connectivity index (χ1) is 10.6. The molecule has 5 nitrogen and oxygen atoms in total. The predicted molar refractivity (Wildman–Crippen MR) is 83.1 cm³/mol. The van der Waals surface area contributed by atoms with Gasteiger partial charge in [0.15, 0.2) is 11.6 Å². The summed E-state index contributed by atoms with van der Waals surface area (Å²) in [5.41, 5.74) is 3.39. The number of rotatable bonds is 4. The molecule has 0 aliphatic rings. The molecular weight excluding hydrogens is 280 g/mol. The standard InChI is InChI=1S/C17H14N2O3/c1-2-15(20)16-18-13-7-6-11(9-14(13)19-16)10-4-3-5-12(8-10)17(21)22/h3-9H,2H2,1H3,(H,18,19)(H,21,22). The fraction of sp³-hybridized carbons (Fsp3) is 0.118. The molecule has 1 heterocycles. The van der Waals surface area contributed by atoms with Crippen LogP contribution in [-0.4, -0.2) is 26.8 Å². The number of imidazole rings is 1. The lowest BCUT2D eigenvalue weighted by molar-refractivity contribution is 0.0696. The zero-order valence-electron chi connectivity index (χ0n) is 12.0. The van der Waals surface area contributed by atoms with E-state index in [2.05, 4.69) is 9.97 Å². The van der Waals surface area contributed by atoms with Crippen molar-refractivity contribution in [3.63, 3.8) is 0 Å². The van der Waals surface area contributed by atoms with Gasteiger partial charge >= 0.3 is 5.97 Å². The molecule has 1 aromatic heterocycles. The van der Waals surface area contributed by atoms with Crippen LogP contribution in [0.5, 0.6) is 0 Å². The van der Waals surface area contributed by atoms with Crippen LogP contribution in [0.2, 0.25) is 0 Å². The smallest absolute Gasteiger partial charge is 0.335 e. The van der Waals surface area contributed by atoms with Gasteiger partial charge in [0.05, 0.1) is 16.6 Å². The Bertz CT molecular complexity index is 880. The number of Topliss-reactive ketones (excluding diaryl/α,β-unsaturated/α-hetero) is 1. The maximum atomic E-state index is 11.7. The topological polar surface area (TPSA) is 83.1 Å². The second kappa shape index (κ2) is 5.44. The first kappa shape index (κ1) is 14.0. The lowest BCUT2D eigenvalue weighted by atomic mass is 10.0. The Labute approximate surface area is 126 Å². The maximum absolute atomic E-state index is 11.7. The van der Waals surface area contributed by atoms with E-state index in [0.717, 1.165) is 22.2 Å². The lowest BCUT2D eigenvalue weighted by Crippen LogP contribution is -1.98. The molecule has 22 heavy (non-hydrogen) atoms. The Morgan fingerprint density at radius 1 is 1.14 bits per heavy atom. The molecule has 0 amide bonds.